The molecule has 1 heterocycles. The van der Waals surface area contributed by atoms with Gasteiger partial charge in [-0.25, -0.2) is 15.2 Å². The van der Waals surface area contributed by atoms with Gasteiger partial charge in [0.15, 0.2) is 0 Å². The number of nitrogens with one attached hydrogen (secondary N) is 3. The molecule has 12 heavy (non-hydrogen) atoms. The zero-order valence-corrected chi connectivity index (χ0v) is 7.66. The number of aryl methyl sites for hydroxylation is 1. The Kier molecular flexibility index (Phi) is 2.87. The number of carbonyl (C=O) groups excluding carboxylic acids is 1. The maximum atomic E-state index is 10.7. The van der Waals surface area contributed by atoms with Gasteiger partial charge in [0.05, 0.1) is 5.69 Å². The summed E-state index contributed by atoms with van der Waals surface area (Å²) in [6.07, 6.45) is 0. The fraction of sp³-hybridized carbons (Fsp3) is 0.333. The minimum atomic E-state index is -0.289. The minimum Gasteiger partial charge on any atom is -0.340 e. The molecule has 0 fully saturated rings. The first-order valence-electron chi connectivity index (χ1n) is 3.38. The van der Waals surface area contributed by atoms with Crippen LogP contribution in [0.1, 0.15) is 5.69 Å². The van der Waals surface area contributed by atoms with Crippen molar-refractivity contribution in [3.05, 3.63) is 11.1 Å². The van der Waals surface area contributed by atoms with Gasteiger partial charge >= 0.3 is 6.03 Å². The van der Waals surface area contributed by atoms with Gasteiger partial charge in [-0.05, 0) is 6.92 Å². The van der Waals surface area contributed by atoms with Gasteiger partial charge in [-0.3, -0.25) is 5.43 Å². The van der Waals surface area contributed by atoms with Crippen molar-refractivity contribution < 1.29 is 4.79 Å². The predicted molar refractivity (Wildman–Crippen MR) is 48.1 cm³/mol. The van der Waals surface area contributed by atoms with E-state index in [1.54, 1.807) is 7.05 Å². The van der Waals surface area contributed by atoms with Crippen LogP contribution in [0.15, 0.2) is 5.38 Å². The van der Waals surface area contributed by atoms with Gasteiger partial charge in [0.1, 0.15) is 0 Å². The van der Waals surface area contributed by atoms with Crippen molar-refractivity contribution in [3.63, 3.8) is 0 Å². The number of anilines is 1. The average molecular weight is 186 g/mol. The summed E-state index contributed by atoms with van der Waals surface area (Å²) in [5, 5.41) is 4.98. The third-order valence-corrected chi connectivity index (χ3v) is 2.00. The molecule has 0 aliphatic heterocycles. The van der Waals surface area contributed by atoms with Crippen LogP contribution >= 0.6 is 11.3 Å². The van der Waals surface area contributed by atoms with Crippen molar-refractivity contribution in [2.45, 2.75) is 6.92 Å². The summed E-state index contributed by atoms with van der Waals surface area (Å²) in [6, 6.07) is -0.289. The van der Waals surface area contributed by atoms with Crippen LogP contribution in [0.4, 0.5) is 9.93 Å². The smallest absolute Gasteiger partial charge is 0.333 e. The lowest BCUT2D eigenvalue weighted by molar-refractivity contribution is 0.245. The van der Waals surface area contributed by atoms with Crippen LogP contribution in [0.2, 0.25) is 0 Å². The highest BCUT2D eigenvalue weighted by Crippen LogP contribution is 2.12. The van der Waals surface area contributed by atoms with E-state index in [0.29, 0.717) is 5.13 Å². The maximum absolute atomic E-state index is 10.7. The van der Waals surface area contributed by atoms with E-state index >= 15 is 0 Å². The molecule has 1 aromatic heterocycles. The van der Waals surface area contributed by atoms with Crippen molar-refractivity contribution in [2.24, 2.45) is 0 Å². The van der Waals surface area contributed by atoms with Crippen molar-refractivity contribution in [2.75, 3.05) is 12.5 Å². The number of hydrogen-bond donors (Lipinski definition) is 3. The van der Waals surface area contributed by atoms with Crippen molar-refractivity contribution in [1.82, 2.24) is 15.7 Å². The van der Waals surface area contributed by atoms with Crippen molar-refractivity contribution in [3.8, 4) is 0 Å². The summed E-state index contributed by atoms with van der Waals surface area (Å²) in [5.41, 5.74) is 6.00. The van der Waals surface area contributed by atoms with Crippen LogP contribution in [0.5, 0.6) is 0 Å². The molecule has 1 rings (SSSR count). The van der Waals surface area contributed by atoms with Gasteiger partial charge in [-0.15, -0.1) is 11.3 Å². The Labute approximate surface area is 74.2 Å². The first kappa shape index (κ1) is 8.79. The Hall–Kier alpha value is -1.30. The Morgan fingerprint density at radius 3 is 2.92 bits per heavy atom. The molecule has 66 valence electrons. The average Bonchev–Trinajstić information content (AvgIpc) is 2.47. The highest BCUT2D eigenvalue weighted by atomic mass is 32.1. The van der Waals surface area contributed by atoms with Crippen molar-refractivity contribution in [1.29, 1.82) is 0 Å². The fourth-order valence-electron chi connectivity index (χ4n) is 0.584. The molecule has 0 bridgehead atoms. The molecular formula is C6H10N4OS. The number of urea groups is 1. The molecule has 6 heteroatoms. The topological polar surface area (TPSA) is 66.1 Å². The van der Waals surface area contributed by atoms with Gasteiger partial charge < -0.3 is 5.32 Å². The minimum absolute atomic E-state index is 0.289. The number of nitrogens with zero attached hydrogens (tertiary/aromatic N) is 1. The Bertz CT molecular complexity index is 272. The molecule has 0 aromatic carbocycles. The maximum Gasteiger partial charge on any atom is 0.333 e. The molecule has 0 saturated heterocycles. The summed E-state index contributed by atoms with van der Waals surface area (Å²) in [4.78, 5) is 14.8. The van der Waals surface area contributed by atoms with Gasteiger partial charge in [-0.2, -0.15) is 0 Å². The largest absolute Gasteiger partial charge is 0.340 e. The summed E-state index contributed by atoms with van der Waals surface area (Å²) in [6.45, 7) is 1.89. The predicted octanol–water partition coefficient (Wildman–Crippen LogP) is 0.707. The number of hydrogen-bond acceptors (Lipinski definition) is 4. The van der Waals surface area contributed by atoms with Crippen LogP contribution in [-0.4, -0.2) is 18.1 Å². The lowest BCUT2D eigenvalue weighted by Crippen LogP contribution is -2.36. The molecule has 0 saturated carbocycles. The zero-order chi connectivity index (χ0) is 8.97. The fourth-order valence-corrected chi connectivity index (χ4v) is 1.23. The lowest BCUT2D eigenvalue weighted by Gasteiger charge is -2.02. The second-order valence-electron chi connectivity index (χ2n) is 2.12. The number of hydrazine groups is 1. The normalized spacial score (nSPS) is 9.17. The van der Waals surface area contributed by atoms with E-state index < -0.39 is 0 Å². The van der Waals surface area contributed by atoms with E-state index in [1.165, 1.54) is 11.3 Å². The molecule has 0 unspecified atom stereocenters. The molecule has 1 aromatic rings. The standard InChI is InChI=1S/C6H10N4OS/c1-4-3-12-6(8-4)10-9-5(11)7-2/h3H,1-2H3,(H,8,10)(H2,7,9,11). The first-order chi connectivity index (χ1) is 5.72. The summed E-state index contributed by atoms with van der Waals surface area (Å²) >= 11 is 1.44. The third kappa shape index (κ3) is 2.39. The number of aromatic nitrogens is 1. The molecular weight excluding hydrogens is 176 g/mol. The van der Waals surface area contributed by atoms with Gasteiger partial charge in [-0.1, -0.05) is 0 Å². The highest BCUT2D eigenvalue weighted by molar-refractivity contribution is 7.13. The molecule has 0 radical (unpaired) electrons. The molecule has 0 atom stereocenters. The number of thiazole rings is 1. The van der Waals surface area contributed by atoms with Crippen LogP contribution in [-0.2, 0) is 0 Å². The second kappa shape index (κ2) is 3.91. The molecule has 0 aliphatic carbocycles. The zero-order valence-electron chi connectivity index (χ0n) is 6.84. The molecule has 5 nitrogen and oxygen atoms in total. The van der Waals surface area contributed by atoms with Crippen LogP contribution < -0.4 is 16.2 Å². The molecule has 3 N–H and O–H groups in total. The molecule has 0 spiro atoms. The van der Waals surface area contributed by atoms with Gasteiger partial charge in [0.2, 0.25) is 5.13 Å². The number of carbonyl (C=O) groups is 1. The van der Waals surface area contributed by atoms with Gasteiger partial charge in [0.25, 0.3) is 0 Å². The van der Waals surface area contributed by atoms with E-state index in [9.17, 15) is 4.79 Å². The van der Waals surface area contributed by atoms with Crippen LogP contribution in [0, 0.1) is 6.92 Å². The first-order valence-corrected chi connectivity index (χ1v) is 4.26. The Morgan fingerprint density at radius 1 is 1.67 bits per heavy atom. The van der Waals surface area contributed by atoms with E-state index in [-0.39, 0.29) is 6.03 Å². The van der Waals surface area contributed by atoms with Crippen LogP contribution in [0.25, 0.3) is 0 Å². The third-order valence-electron chi connectivity index (χ3n) is 1.13. The summed E-state index contributed by atoms with van der Waals surface area (Å²) in [7, 11) is 1.55. The molecule has 0 aliphatic rings. The van der Waals surface area contributed by atoms with Gasteiger partial charge in [0, 0.05) is 12.4 Å². The van der Waals surface area contributed by atoms with E-state index in [0.717, 1.165) is 5.69 Å². The second-order valence-corrected chi connectivity index (χ2v) is 2.98. The van der Waals surface area contributed by atoms with Crippen molar-refractivity contribution >= 4 is 22.5 Å². The van der Waals surface area contributed by atoms with E-state index in [2.05, 4.69) is 21.2 Å². The Morgan fingerprint density at radius 2 is 2.42 bits per heavy atom. The molecule has 2 amide bonds. The lowest BCUT2D eigenvalue weighted by atomic mass is 10.6. The summed E-state index contributed by atoms with van der Waals surface area (Å²) < 4.78 is 0. The van der Waals surface area contributed by atoms with E-state index in [4.69, 9.17) is 0 Å². The highest BCUT2D eigenvalue weighted by Gasteiger charge is 1.98. The number of rotatable bonds is 2. The van der Waals surface area contributed by atoms with E-state index in [1.807, 2.05) is 12.3 Å². The summed E-state index contributed by atoms with van der Waals surface area (Å²) in [5.74, 6) is 0. The quantitative estimate of drug-likeness (QED) is 0.596. The number of amides is 2. The Balaban J connectivity index is 2.38. The monoisotopic (exact) mass is 186 g/mol. The van der Waals surface area contributed by atoms with Crippen LogP contribution in [0.3, 0.4) is 0 Å². The SMILES string of the molecule is CNC(=O)NNc1nc(C)cs1.